The Balaban J connectivity index is 2.11. The Morgan fingerprint density at radius 3 is 2.72 bits per heavy atom. The minimum Gasteiger partial charge on any atom is -0.481 e. The van der Waals surface area contributed by atoms with E-state index in [-0.39, 0.29) is 12.2 Å². The van der Waals surface area contributed by atoms with E-state index in [0.717, 1.165) is 12.8 Å². The molecule has 0 bridgehead atoms. The van der Waals surface area contributed by atoms with Crippen molar-refractivity contribution >= 4 is 11.8 Å². The summed E-state index contributed by atoms with van der Waals surface area (Å²) in [5.74, 6) is -0.428. The maximum absolute atomic E-state index is 11.4. The smallest absolute Gasteiger partial charge is 0.311 e. The molecule has 0 spiro atoms. The molecule has 6 nitrogen and oxygen atoms in total. The van der Waals surface area contributed by atoms with Crippen molar-refractivity contribution in [2.45, 2.75) is 25.7 Å². The molecule has 18 heavy (non-hydrogen) atoms. The van der Waals surface area contributed by atoms with Crippen LogP contribution in [0.5, 0.6) is 0 Å². The fourth-order valence-corrected chi connectivity index (χ4v) is 2.32. The summed E-state index contributed by atoms with van der Waals surface area (Å²) in [4.78, 5) is 19.2. The Kier molecular flexibility index (Phi) is 3.42. The summed E-state index contributed by atoms with van der Waals surface area (Å²) >= 11 is 0. The summed E-state index contributed by atoms with van der Waals surface area (Å²) in [5.41, 5.74) is -0.541. The molecular weight excluding hydrogens is 232 g/mol. The van der Waals surface area contributed by atoms with Gasteiger partial charge in [0.25, 0.3) is 0 Å². The van der Waals surface area contributed by atoms with E-state index >= 15 is 0 Å². The van der Waals surface area contributed by atoms with Crippen molar-refractivity contribution in [2.75, 3.05) is 11.9 Å². The zero-order valence-corrected chi connectivity index (χ0v) is 9.89. The van der Waals surface area contributed by atoms with Crippen LogP contribution in [0.15, 0.2) is 12.4 Å². The lowest BCUT2D eigenvalue weighted by Gasteiger charge is -2.24. The van der Waals surface area contributed by atoms with Crippen molar-refractivity contribution in [2.24, 2.45) is 5.41 Å². The van der Waals surface area contributed by atoms with Gasteiger partial charge in [0.1, 0.15) is 6.07 Å². The number of rotatable bonds is 4. The maximum atomic E-state index is 11.4. The molecule has 1 aliphatic carbocycles. The molecule has 94 valence electrons. The van der Waals surface area contributed by atoms with E-state index in [9.17, 15) is 9.90 Å². The molecule has 1 aliphatic rings. The summed E-state index contributed by atoms with van der Waals surface area (Å²) < 4.78 is 0. The average Bonchev–Trinajstić information content (AvgIpc) is 2.87. The number of anilines is 1. The van der Waals surface area contributed by atoms with Gasteiger partial charge in [-0.25, -0.2) is 9.97 Å². The van der Waals surface area contributed by atoms with E-state index in [1.54, 1.807) is 0 Å². The molecule has 1 aromatic rings. The van der Waals surface area contributed by atoms with Gasteiger partial charge < -0.3 is 10.4 Å². The highest BCUT2D eigenvalue weighted by atomic mass is 16.4. The molecule has 0 aliphatic heterocycles. The van der Waals surface area contributed by atoms with Crippen LogP contribution < -0.4 is 5.32 Å². The molecule has 2 N–H and O–H groups in total. The van der Waals surface area contributed by atoms with E-state index in [1.165, 1.54) is 12.4 Å². The second kappa shape index (κ2) is 5.00. The van der Waals surface area contributed by atoms with Gasteiger partial charge >= 0.3 is 5.97 Å². The van der Waals surface area contributed by atoms with E-state index in [1.807, 2.05) is 6.07 Å². The SMILES string of the molecule is N#Cc1nccnc1NCC1(C(=O)O)CCCC1. The first-order valence-corrected chi connectivity index (χ1v) is 5.86. The van der Waals surface area contributed by atoms with Gasteiger partial charge in [-0.3, -0.25) is 4.79 Å². The van der Waals surface area contributed by atoms with Crippen LogP contribution >= 0.6 is 0 Å². The zero-order valence-electron chi connectivity index (χ0n) is 9.89. The van der Waals surface area contributed by atoms with Crippen LogP contribution in [0, 0.1) is 16.7 Å². The van der Waals surface area contributed by atoms with Crippen molar-refractivity contribution in [1.29, 1.82) is 5.26 Å². The van der Waals surface area contributed by atoms with E-state index in [0.29, 0.717) is 18.7 Å². The Morgan fingerprint density at radius 2 is 2.11 bits per heavy atom. The van der Waals surface area contributed by atoms with Gasteiger partial charge in [-0.15, -0.1) is 0 Å². The van der Waals surface area contributed by atoms with Crippen molar-refractivity contribution in [3.8, 4) is 6.07 Å². The number of carbonyl (C=O) groups is 1. The Labute approximate surface area is 105 Å². The predicted molar refractivity (Wildman–Crippen MR) is 63.8 cm³/mol. The summed E-state index contributed by atoms with van der Waals surface area (Å²) in [7, 11) is 0. The van der Waals surface area contributed by atoms with Crippen LogP contribution in [-0.4, -0.2) is 27.6 Å². The molecule has 1 saturated carbocycles. The fourth-order valence-electron chi connectivity index (χ4n) is 2.32. The molecule has 0 amide bonds. The van der Waals surface area contributed by atoms with E-state index < -0.39 is 11.4 Å². The highest BCUT2D eigenvalue weighted by Gasteiger charge is 2.41. The van der Waals surface area contributed by atoms with Gasteiger partial charge in [-0.2, -0.15) is 5.26 Å². The Bertz CT molecular complexity index is 489. The maximum Gasteiger partial charge on any atom is 0.311 e. The fraction of sp³-hybridized carbons (Fsp3) is 0.500. The number of aromatic nitrogens is 2. The lowest BCUT2D eigenvalue weighted by atomic mass is 9.86. The molecule has 0 unspecified atom stereocenters. The monoisotopic (exact) mass is 246 g/mol. The molecule has 0 atom stereocenters. The zero-order chi connectivity index (χ0) is 13.0. The Hall–Kier alpha value is -2.16. The molecule has 1 aromatic heterocycles. The quantitative estimate of drug-likeness (QED) is 0.833. The van der Waals surface area contributed by atoms with Crippen LogP contribution in [-0.2, 0) is 4.79 Å². The second-order valence-electron chi connectivity index (χ2n) is 4.51. The molecular formula is C12H14N4O2. The van der Waals surface area contributed by atoms with Crippen LogP contribution in [0.1, 0.15) is 31.4 Å². The largest absolute Gasteiger partial charge is 0.481 e. The molecule has 1 heterocycles. The molecule has 2 rings (SSSR count). The molecule has 0 saturated heterocycles. The minimum absolute atomic E-state index is 0.191. The number of hydrogen-bond donors (Lipinski definition) is 2. The topological polar surface area (TPSA) is 98.9 Å². The summed E-state index contributed by atoms with van der Waals surface area (Å²) in [6, 6.07) is 1.93. The number of carboxylic acid groups (broad SMARTS) is 1. The number of carboxylic acids is 1. The highest BCUT2D eigenvalue weighted by Crippen LogP contribution is 2.38. The molecule has 0 aromatic carbocycles. The first-order valence-electron chi connectivity index (χ1n) is 5.86. The van der Waals surface area contributed by atoms with Crippen LogP contribution in [0.3, 0.4) is 0 Å². The van der Waals surface area contributed by atoms with Crippen molar-refractivity contribution in [1.82, 2.24) is 9.97 Å². The minimum atomic E-state index is -0.783. The standard InChI is InChI=1S/C12H14N4O2/c13-7-9-10(15-6-5-14-9)16-8-12(11(17)18)3-1-2-4-12/h5-6H,1-4,8H2,(H,15,16)(H,17,18). The second-order valence-corrected chi connectivity index (χ2v) is 4.51. The molecule has 1 fully saturated rings. The van der Waals surface area contributed by atoms with Gasteiger partial charge in [0.2, 0.25) is 0 Å². The first-order chi connectivity index (χ1) is 8.68. The first kappa shape index (κ1) is 12.3. The highest BCUT2D eigenvalue weighted by molar-refractivity contribution is 5.76. The summed E-state index contributed by atoms with van der Waals surface area (Å²) in [6.07, 6.45) is 6.10. The number of nitriles is 1. The Morgan fingerprint density at radius 1 is 1.44 bits per heavy atom. The number of nitrogens with zero attached hydrogens (tertiary/aromatic N) is 3. The average molecular weight is 246 g/mol. The van der Waals surface area contributed by atoms with Crippen molar-refractivity contribution in [3.05, 3.63) is 18.1 Å². The van der Waals surface area contributed by atoms with Gasteiger partial charge in [-0.1, -0.05) is 12.8 Å². The van der Waals surface area contributed by atoms with Gasteiger partial charge in [-0.05, 0) is 12.8 Å². The predicted octanol–water partition coefficient (Wildman–Crippen LogP) is 1.41. The van der Waals surface area contributed by atoms with Crippen molar-refractivity contribution in [3.63, 3.8) is 0 Å². The third-order valence-electron chi connectivity index (χ3n) is 3.41. The molecule has 0 radical (unpaired) electrons. The lowest BCUT2D eigenvalue weighted by molar-refractivity contribution is -0.147. The van der Waals surface area contributed by atoms with Crippen LogP contribution in [0.2, 0.25) is 0 Å². The summed E-state index contributed by atoms with van der Waals surface area (Å²) in [6.45, 7) is 0.287. The number of aliphatic carboxylic acids is 1. The van der Waals surface area contributed by atoms with Crippen LogP contribution in [0.25, 0.3) is 0 Å². The number of nitrogens with one attached hydrogen (secondary N) is 1. The third kappa shape index (κ3) is 2.25. The lowest BCUT2D eigenvalue weighted by Crippen LogP contribution is -2.35. The van der Waals surface area contributed by atoms with E-state index in [2.05, 4.69) is 15.3 Å². The van der Waals surface area contributed by atoms with Gasteiger partial charge in [0.15, 0.2) is 11.5 Å². The van der Waals surface area contributed by atoms with Crippen molar-refractivity contribution < 1.29 is 9.90 Å². The third-order valence-corrected chi connectivity index (χ3v) is 3.41. The van der Waals surface area contributed by atoms with Gasteiger partial charge in [0, 0.05) is 18.9 Å². The van der Waals surface area contributed by atoms with Gasteiger partial charge in [0.05, 0.1) is 5.41 Å². The van der Waals surface area contributed by atoms with Crippen LogP contribution in [0.4, 0.5) is 5.82 Å². The normalized spacial score (nSPS) is 17.1. The molecule has 6 heteroatoms. The summed E-state index contributed by atoms with van der Waals surface area (Å²) in [5, 5.41) is 21.2. The van der Waals surface area contributed by atoms with E-state index in [4.69, 9.17) is 5.26 Å². The number of hydrogen-bond acceptors (Lipinski definition) is 5.